The van der Waals surface area contributed by atoms with Crippen LogP contribution in [0.5, 0.6) is 0 Å². The molecule has 1 amide bonds. The van der Waals surface area contributed by atoms with Crippen LogP contribution in [0, 0.1) is 10.1 Å². The van der Waals surface area contributed by atoms with Crippen molar-refractivity contribution in [3.8, 4) is 0 Å². The third kappa shape index (κ3) is 3.79. The summed E-state index contributed by atoms with van der Waals surface area (Å²) in [6, 6.07) is 12.8. The molecule has 2 N–H and O–H groups in total. The lowest BCUT2D eigenvalue weighted by atomic mass is 9.88. The molecular weight excluding hydrogens is 342 g/mol. The zero-order valence-corrected chi connectivity index (χ0v) is 15.7. The Kier molecular flexibility index (Phi) is 5.44. The number of nitro groups is 1. The van der Waals surface area contributed by atoms with E-state index in [9.17, 15) is 14.9 Å². The number of piperidine rings is 1. The third-order valence-electron chi connectivity index (χ3n) is 5.50. The van der Waals surface area contributed by atoms with Crippen LogP contribution >= 0.6 is 0 Å². The van der Waals surface area contributed by atoms with Gasteiger partial charge in [-0.2, -0.15) is 0 Å². The topological polar surface area (TPSA) is 89.5 Å². The van der Waals surface area contributed by atoms with E-state index in [1.807, 2.05) is 31.2 Å². The Morgan fingerprint density at radius 2 is 2.00 bits per heavy atom. The number of benzene rings is 2. The lowest BCUT2D eigenvalue weighted by molar-refractivity contribution is -0.384. The molecule has 27 heavy (non-hydrogen) atoms. The highest BCUT2D eigenvalue weighted by Gasteiger charge is 2.27. The number of nitrogens with two attached hydrogens (primary N) is 1. The van der Waals surface area contributed by atoms with E-state index >= 15 is 0 Å². The standard InChI is InChI=1S/C21H25N3O3/c1-14-7-5-6-12-23(14)19-11-10-16(13-20(19)24(26)27)15(2)17-8-3-4-9-18(17)21(22)25/h3-4,8-11,13-15H,5-7,12H2,1-2H3,(H2,22,25). The second kappa shape index (κ2) is 7.78. The number of anilines is 1. The maximum atomic E-state index is 11.8. The van der Waals surface area contributed by atoms with Crippen LogP contribution in [0.1, 0.15) is 60.5 Å². The van der Waals surface area contributed by atoms with Crippen LogP contribution in [0.2, 0.25) is 0 Å². The molecule has 0 bridgehead atoms. The minimum Gasteiger partial charge on any atom is -0.366 e. The molecule has 2 atom stereocenters. The van der Waals surface area contributed by atoms with Gasteiger partial charge in [0.1, 0.15) is 5.69 Å². The number of carbonyl (C=O) groups excluding carboxylic acids is 1. The Balaban J connectivity index is 2.02. The zero-order valence-electron chi connectivity index (χ0n) is 15.7. The average molecular weight is 367 g/mol. The fourth-order valence-electron chi connectivity index (χ4n) is 3.93. The third-order valence-corrected chi connectivity index (χ3v) is 5.50. The van der Waals surface area contributed by atoms with Crippen LogP contribution in [0.4, 0.5) is 11.4 Å². The fourth-order valence-corrected chi connectivity index (χ4v) is 3.93. The summed E-state index contributed by atoms with van der Waals surface area (Å²) in [5, 5.41) is 11.8. The minimum atomic E-state index is -0.495. The Labute approximate surface area is 159 Å². The largest absolute Gasteiger partial charge is 0.366 e. The van der Waals surface area contributed by atoms with Gasteiger partial charge in [0.05, 0.1) is 4.92 Å². The first kappa shape index (κ1) is 18.9. The van der Waals surface area contributed by atoms with Crippen LogP contribution in [0.25, 0.3) is 0 Å². The lowest BCUT2D eigenvalue weighted by Gasteiger charge is -2.35. The van der Waals surface area contributed by atoms with Gasteiger partial charge in [0.2, 0.25) is 5.91 Å². The van der Waals surface area contributed by atoms with Gasteiger partial charge in [-0.25, -0.2) is 0 Å². The molecule has 2 aromatic carbocycles. The van der Waals surface area contributed by atoms with Gasteiger partial charge in [-0.05, 0) is 49.4 Å². The van der Waals surface area contributed by atoms with E-state index in [0.717, 1.165) is 36.9 Å². The fraction of sp³-hybridized carbons (Fsp3) is 0.381. The molecule has 6 nitrogen and oxygen atoms in total. The van der Waals surface area contributed by atoms with Crippen molar-refractivity contribution in [1.82, 2.24) is 0 Å². The maximum absolute atomic E-state index is 11.8. The Hall–Kier alpha value is -2.89. The molecule has 1 heterocycles. The summed E-state index contributed by atoms with van der Waals surface area (Å²) < 4.78 is 0. The quantitative estimate of drug-likeness (QED) is 0.633. The Bertz CT molecular complexity index is 866. The average Bonchev–Trinajstić information content (AvgIpc) is 2.67. The highest BCUT2D eigenvalue weighted by molar-refractivity contribution is 5.94. The monoisotopic (exact) mass is 367 g/mol. The lowest BCUT2D eigenvalue weighted by Crippen LogP contribution is -2.37. The predicted molar refractivity (Wildman–Crippen MR) is 106 cm³/mol. The summed E-state index contributed by atoms with van der Waals surface area (Å²) in [7, 11) is 0. The molecule has 0 aliphatic carbocycles. The molecule has 1 aliphatic heterocycles. The number of hydrogen-bond donors (Lipinski definition) is 1. The predicted octanol–water partition coefficient (Wildman–Crippen LogP) is 4.22. The van der Waals surface area contributed by atoms with Gasteiger partial charge in [0.15, 0.2) is 0 Å². The smallest absolute Gasteiger partial charge is 0.292 e. The normalized spacial score (nSPS) is 18.1. The first-order chi connectivity index (χ1) is 12.9. The van der Waals surface area contributed by atoms with Gasteiger partial charge in [-0.15, -0.1) is 0 Å². The number of carbonyl (C=O) groups is 1. The molecule has 0 radical (unpaired) electrons. The Morgan fingerprint density at radius 1 is 1.26 bits per heavy atom. The first-order valence-corrected chi connectivity index (χ1v) is 9.34. The van der Waals surface area contributed by atoms with E-state index in [4.69, 9.17) is 5.73 Å². The molecule has 0 spiro atoms. The highest BCUT2D eigenvalue weighted by atomic mass is 16.6. The molecule has 1 fully saturated rings. The van der Waals surface area contributed by atoms with Crippen molar-refractivity contribution in [1.29, 1.82) is 0 Å². The number of nitrogens with zero attached hydrogens (tertiary/aromatic N) is 2. The maximum Gasteiger partial charge on any atom is 0.292 e. The summed E-state index contributed by atoms with van der Waals surface area (Å²) in [4.78, 5) is 25.3. The van der Waals surface area contributed by atoms with Crippen molar-refractivity contribution >= 4 is 17.3 Å². The van der Waals surface area contributed by atoms with Crippen molar-refractivity contribution in [2.24, 2.45) is 5.73 Å². The van der Waals surface area contributed by atoms with Crippen molar-refractivity contribution in [3.63, 3.8) is 0 Å². The molecule has 1 aliphatic rings. The zero-order chi connectivity index (χ0) is 19.6. The van der Waals surface area contributed by atoms with Crippen LogP contribution in [0.15, 0.2) is 42.5 Å². The van der Waals surface area contributed by atoms with E-state index in [-0.39, 0.29) is 22.6 Å². The molecule has 1 saturated heterocycles. The Morgan fingerprint density at radius 3 is 2.67 bits per heavy atom. The number of rotatable bonds is 5. The van der Waals surface area contributed by atoms with E-state index in [1.54, 1.807) is 18.2 Å². The SMILES string of the molecule is CC(c1ccc(N2CCCCC2C)c([N+](=O)[O-])c1)c1ccccc1C(N)=O. The summed E-state index contributed by atoms with van der Waals surface area (Å²) in [5.74, 6) is -0.675. The number of primary amides is 1. The van der Waals surface area contributed by atoms with Crippen LogP contribution < -0.4 is 10.6 Å². The number of amides is 1. The molecular formula is C21H25N3O3. The van der Waals surface area contributed by atoms with Gasteiger partial charge in [-0.3, -0.25) is 14.9 Å². The molecule has 6 heteroatoms. The molecule has 0 saturated carbocycles. The highest BCUT2D eigenvalue weighted by Crippen LogP contribution is 2.37. The van der Waals surface area contributed by atoms with E-state index in [0.29, 0.717) is 11.3 Å². The molecule has 0 aromatic heterocycles. The van der Waals surface area contributed by atoms with E-state index in [1.165, 1.54) is 0 Å². The van der Waals surface area contributed by atoms with Gasteiger partial charge >= 0.3 is 0 Å². The molecule has 2 unspecified atom stereocenters. The van der Waals surface area contributed by atoms with Gasteiger partial charge in [0.25, 0.3) is 5.69 Å². The first-order valence-electron chi connectivity index (χ1n) is 9.34. The number of hydrogen-bond acceptors (Lipinski definition) is 4. The number of nitro benzene ring substituents is 1. The summed E-state index contributed by atoms with van der Waals surface area (Å²) in [6.45, 7) is 4.88. The van der Waals surface area contributed by atoms with Crippen molar-refractivity contribution in [2.75, 3.05) is 11.4 Å². The van der Waals surface area contributed by atoms with E-state index < -0.39 is 5.91 Å². The molecule has 2 aromatic rings. The summed E-state index contributed by atoms with van der Waals surface area (Å²) >= 11 is 0. The van der Waals surface area contributed by atoms with Crippen LogP contribution in [-0.4, -0.2) is 23.4 Å². The van der Waals surface area contributed by atoms with Gasteiger partial charge in [-0.1, -0.05) is 31.2 Å². The van der Waals surface area contributed by atoms with Gasteiger partial charge < -0.3 is 10.6 Å². The second-order valence-electron chi connectivity index (χ2n) is 7.22. The van der Waals surface area contributed by atoms with Gasteiger partial charge in [0, 0.05) is 30.1 Å². The van der Waals surface area contributed by atoms with Crippen LogP contribution in [0.3, 0.4) is 0 Å². The van der Waals surface area contributed by atoms with Crippen molar-refractivity contribution in [2.45, 2.75) is 45.1 Å². The summed E-state index contributed by atoms with van der Waals surface area (Å²) in [5.41, 5.74) is 8.30. The van der Waals surface area contributed by atoms with Crippen molar-refractivity contribution < 1.29 is 9.72 Å². The summed E-state index contributed by atoms with van der Waals surface area (Å²) in [6.07, 6.45) is 3.25. The second-order valence-corrected chi connectivity index (χ2v) is 7.22. The van der Waals surface area contributed by atoms with Crippen LogP contribution in [-0.2, 0) is 0 Å². The molecule has 3 rings (SSSR count). The van der Waals surface area contributed by atoms with E-state index in [2.05, 4.69) is 11.8 Å². The van der Waals surface area contributed by atoms with Crippen molar-refractivity contribution in [3.05, 3.63) is 69.3 Å². The minimum absolute atomic E-state index is 0.115. The molecule has 142 valence electrons.